The summed E-state index contributed by atoms with van der Waals surface area (Å²) in [6.07, 6.45) is 1.72. The van der Waals surface area contributed by atoms with Crippen LogP contribution in [0.4, 0.5) is 11.4 Å². The second-order valence-electron chi connectivity index (χ2n) is 4.94. The molecule has 3 aromatic rings. The van der Waals surface area contributed by atoms with Gasteiger partial charge in [0, 0.05) is 27.3 Å². The molecule has 3 rings (SSSR count). The van der Waals surface area contributed by atoms with Crippen LogP contribution in [0.1, 0.15) is 0 Å². The Morgan fingerprint density at radius 2 is 1.78 bits per heavy atom. The van der Waals surface area contributed by atoms with Crippen LogP contribution in [0.5, 0.6) is 0 Å². The molecule has 1 aromatic heterocycles. The number of hydrogen-bond acceptors (Lipinski definition) is 3. The quantitative estimate of drug-likeness (QED) is 0.726. The second kappa shape index (κ2) is 6.86. The number of nitrogens with zero attached hydrogens (tertiary/aromatic N) is 1. The van der Waals surface area contributed by atoms with Gasteiger partial charge in [-0.1, -0.05) is 41.4 Å². The Bertz CT molecular complexity index is 842. The highest BCUT2D eigenvalue weighted by atomic mass is 35.5. The summed E-state index contributed by atoms with van der Waals surface area (Å²) >= 11 is 11.8. The third kappa shape index (κ3) is 3.92. The monoisotopic (exact) mass is 345 g/mol. The first kappa shape index (κ1) is 15.6. The number of halogens is 2. The van der Waals surface area contributed by atoms with Gasteiger partial charge in [-0.05, 0) is 30.3 Å². The summed E-state index contributed by atoms with van der Waals surface area (Å²) in [6, 6.07) is 14.5. The van der Waals surface area contributed by atoms with Crippen molar-refractivity contribution in [3.8, 4) is 0 Å². The van der Waals surface area contributed by atoms with Gasteiger partial charge in [-0.25, -0.2) is 0 Å². The molecule has 0 aliphatic heterocycles. The van der Waals surface area contributed by atoms with Crippen molar-refractivity contribution in [2.24, 2.45) is 0 Å². The number of hydrogen-bond donors (Lipinski definition) is 2. The highest BCUT2D eigenvalue weighted by Crippen LogP contribution is 2.23. The lowest BCUT2D eigenvalue weighted by Gasteiger charge is -2.10. The maximum Gasteiger partial charge on any atom is 0.243 e. The summed E-state index contributed by atoms with van der Waals surface area (Å²) in [5.74, 6) is -0.198. The molecule has 2 N–H and O–H groups in total. The molecule has 4 nitrogen and oxygen atoms in total. The number of para-hydroxylation sites is 1. The molecule has 1 heterocycles. The Morgan fingerprint density at radius 3 is 2.57 bits per heavy atom. The molecule has 6 heteroatoms. The molecule has 0 aliphatic carbocycles. The average Bonchev–Trinajstić information content (AvgIpc) is 2.52. The van der Waals surface area contributed by atoms with E-state index in [1.54, 1.807) is 24.4 Å². The van der Waals surface area contributed by atoms with E-state index in [0.29, 0.717) is 15.7 Å². The van der Waals surface area contributed by atoms with E-state index in [0.717, 1.165) is 16.6 Å². The highest BCUT2D eigenvalue weighted by Gasteiger charge is 2.06. The van der Waals surface area contributed by atoms with Crippen LogP contribution in [0, 0.1) is 0 Å². The summed E-state index contributed by atoms with van der Waals surface area (Å²) in [7, 11) is 0. The number of amides is 1. The van der Waals surface area contributed by atoms with Gasteiger partial charge < -0.3 is 10.6 Å². The lowest BCUT2D eigenvalue weighted by Crippen LogP contribution is -2.21. The summed E-state index contributed by atoms with van der Waals surface area (Å²) in [5.41, 5.74) is 2.20. The van der Waals surface area contributed by atoms with Gasteiger partial charge in [0.25, 0.3) is 0 Å². The first-order valence-electron chi connectivity index (χ1n) is 6.95. The fourth-order valence-corrected chi connectivity index (χ4v) is 2.78. The number of fused-ring (bicyclic) bond motifs is 1. The number of anilines is 2. The molecule has 0 aliphatic rings. The maximum absolute atomic E-state index is 12.1. The van der Waals surface area contributed by atoms with E-state index in [9.17, 15) is 4.79 Å². The normalized spacial score (nSPS) is 10.5. The first-order valence-corrected chi connectivity index (χ1v) is 7.71. The zero-order valence-corrected chi connectivity index (χ0v) is 13.5. The summed E-state index contributed by atoms with van der Waals surface area (Å²) in [5, 5.41) is 7.80. The molecular formula is C17H13Cl2N3O. The highest BCUT2D eigenvalue weighted by molar-refractivity contribution is 6.35. The average molecular weight is 346 g/mol. The number of rotatable bonds is 4. The molecule has 0 fully saturated rings. The van der Waals surface area contributed by atoms with Gasteiger partial charge in [-0.2, -0.15) is 0 Å². The van der Waals surface area contributed by atoms with Gasteiger partial charge in [-0.3, -0.25) is 9.78 Å². The minimum Gasteiger partial charge on any atom is -0.374 e. The predicted octanol–water partition coefficient (Wildman–Crippen LogP) is 4.59. The van der Waals surface area contributed by atoms with E-state index < -0.39 is 0 Å². The Balaban J connectivity index is 1.68. The van der Waals surface area contributed by atoms with Gasteiger partial charge in [-0.15, -0.1) is 0 Å². The van der Waals surface area contributed by atoms with Crippen LogP contribution in [0.2, 0.25) is 10.0 Å². The van der Waals surface area contributed by atoms with Crippen molar-refractivity contribution in [2.75, 3.05) is 17.2 Å². The van der Waals surface area contributed by atoms with Crippen LogP contribution in [0.3, 0.4) is 0 Å². The molecule has 0 atom stereocenters. The topological polar surface area (TPSA) is 54.0 Å². The molecule has 1 amide bonds. The standard InChI is InChI=1S/C17H13Cl2N3O/c18-12-7-13(19)9-14(8-12)22-16(23)10-21-15-5-1-3-11-4-2-6-20-17(11)15/h1-9,21H,10H2,(H,22,23). The third-order valence-electron chi connectivity index (χ3n) is 3.22. The lowest BCUT2D eigenvalue weighted by molar-refractivity contribution is -0.114. The summed E-state index contributed by atoms with van der Waals surface area (Å²) < 4.78 is 0. The van der Waals surface area contributed by atoms with Crippen LogP contribution >= 0.6 is 23.2 Å². The Labute approximate surface area is 143 Å². The number of nitrogens with one attached hydrogen (secondary N) is 2. The number of pyridine rings is 1. The molecule has 116 valence electrons. The van der Waals surface area contributed by atoms with E-state index in [2.05, 4.69) is 15.6 Å². The van der Waals surface area contributed by atoms with Crippen LogP contribution in [0.15, 0.2) is 54.7 Å². The van der Waals surface area contributed by atoms with Crippen LogP contribution in [0.25, 0.3) is 10.9 Å². The molecule has 2 aromatic carbocycles. The molecule has 23 heavy (non-hydrogen) atoms. The van der Waals surface area contributed by atoms with E-state index in [1.165, 1.54) is 0 Å². The molecule has 0 spiro atoms. The second-order valence-corrected chi connectivity index (χ2v) is 5.81. The lowest BCUT2D eigenvalue weighted by atomic mass is 10.2. The fourth-order valence-electron chi connectivity index (χ4n) is 2.25. The van der Waals surface area contributed by atoms with Gasteiger partial charge in [0.05, 0.1) is 17.7 Å². The van der Waals surface area contributed by atoms with Crippen molar-refractivity contribution in [1.82, 2.24) is 4.98 Å². The SMILES string of the molecule is O=C(CNc1cccc2cccnc12)Nc1cc(Cl)cc(Cl)c1. The zero-order valence-electron chi connectivity index (χ0n) is 12.0. The summed E-state index contributed by atoms with van der Waals surface area (Å²) in [4.78, 5) is 16.4. The molecular weight excluding hydrogens is 333 g/mol. The molecule has 0 saturated heterocycles. The Hall–Kier alpha value is -2.30. The van der Waals surface area contributed by atoms with Crippen molar-refractivity contribution in [1.29, 1.82) is 0 Å². The maximum atomic E-state index is 12.1. The van der Waals surface area contributed by atoms with Crippen LogP contribution in [-0.2, 0) is 4.79 Å². The van der Waals surface area contributed by atoms with Crippen molar-refractivity contribution >= 4 is 51.4 Å². The van der Waals surface area contributed by atoms with Gasteiger partial charge in [0.1, 0.15) is 0 Å². The van der Waals surface area contributed by atoms with Gasteiger partial charge >= 0.3 is 0 Å². The number of aromatic nitrogens is 1. The fraction of sp³-hybridized carbons (Fsp3) is 0.0588. The molecule has 0 bridgehead atoms. The minimum atomic E-state index is -0.198. The molecule has 0 unspecified atom stereocenters. The van der Waals surface area contributed by atoms with Crippen molar-refractivity contribution in [2.45, 2.75) is 0 Å². The predicted molar refractivity (Wildman–Crippen MR) is 95.3 cm³/mol. The van der Waals surface area contributed by atoms with E-state index >= 15 is 0 Å². The van der Waals surface area contributed by atoms with Crippen molar-refractivity contribution in [3.05, 3.63) is 64.8 Å². The van der Waals surface area contributed by atoms with E-state index in [-0.39, 0.29) is 12.5 Å². The molecule has 0 saturated carbocycles. The van der Waals surface area contributed by atoms with E-state index in [1.807, 2.05) is 30.3 Å². The van der Waals surface area contributed by atoms with Gasteiger partial charge in [0.15, 0.2) is 0 Å². The smallest absolute Gasteiger partial charge is 0.243 e. The summed E-state index contributed by atoms with van der Waals surface area (Å²) in [6.45, 7) is 0.111. The van der Waals surface area contributed by atoms with Crippen molar-refractivity contribution < 1.29 is 4.79 Å². The number of carbonyl (C=O) groups is 1. The molecule has 0 radical (unpaired) electrons. The first-order chi connectivity index (χ1) is 11.1. The third-order valence-corrected chi connectivity index (χ3v) is 3.65. The number of carbonyl (C=O) groups excluding carboxylic acids is 1. The van der Waals surface area contributed by atoms with Crippen LogP contribution in [-0.4, -0.2) is 17.4 Å². The largest absolute Gasteiger partial charge is 0.374 e. The van der Waals surface area contributed by atoms with Gasteiger partial charge in [0.2, 0.25) is 5.91 Å². The van der Waals surface area contributed by atoms with Crippen LogP contribution < -0.4 is 10.6 Å². The van der Waals surface area contributed by atoms with Crippen molar-refractivity contribution in [3.63, 3.8) is 0 Å². The zero-order chi connectivity index (χ0) is 16.2. The Morgan fingerprint density at radius 1 is 1.04 bits per heavy atom. The number of benzene rings is 2. The Kier molecular flexibility index (Phi) is 4.65. The minimum absolute atomic E-state index is 0.111. The van der Waals surface area contributed by atoms with E-state index in [4.69, 9.17) is 23.2 Å².